The number of para-hydroxylation sites is 1. The second kappa shape index (κ2) is 5.61. The van der Waals surface area contributed by atoms with Gasteiger partial charge >= 0.3 is 6.18 Å². The molecule has 1 unspecified atom stereocenters. The zero-order chi connectivity index (χ0) is 13.0. The molecule has 1 heterocycles. The van der Waals surface area contributed by atoms with Crippen LogP contribution in [-0.4, -0.2) is 25.4 Å². The average molecular weight is 259 g/mol. The van der Waals surface area contributed by atoms with Crippen molar-refractivity contribution in [2.24, 2.45) is 0 Å². The van der Waals surface area contributed by atoms with Crippen molar-refractivity contribution in [1.29, 1.82) is 0 Å². The molecule has 0 aromatic heterocycles. The second-order valence-corrected chi connectivity index (χ2v) is 4.43. The molecule has 0 amide bonds. The normalized spacial score (nSPS) is 19.8. The van der Waals surface area contributed by atoms with E-state index in [9.17, 15) is 13.2 Å². The summed E-state index contributed by atoms with van der Waals surface area (Å²) in [5, 5.41) is 3.22. The third-order valence-corrected chi connectivity index (χ3v) is 3.01. The van der Waals surface area contributed by atoms with Crippen LogP contribution in [0.2, 0.25) is 0 Å². The summed E-state index contributed by atoms with van der Waals surface area (Å²) in [4.78, 5) is 0. The molecule has 2 rings (SSSR count). The van der Waals surface area contributed by atoms with Gasteiger partial charge in [-0.05, 0) is 24.5 Å². The molecule has 0 spiro atoms. The van der Waals surface area contributed by atoms with Crippen molar-refractivity contribution in [2.45, 2.75) is 31.5 Å². The standard InChI is InChI=1S/C13H16F3NO/c14-13(15,16)7-8-18-11-6-5-10-3-1-2-4-12(10)17-9-11/h1-4,11,17H,5-9H2. The number of fused-ring (bicyclic) bond motifs is 1. The summed E-state index contributed by atoms with van der Waals surface area (Å²) in [6.07, 6.45) is -3.58. The Kier molecular flexibility index (Phi) is 4.11. The van der Waals surface area contributed by atoms with E-state index in [1.165, 1.54) is 5.56 Å². The topological polar surface area (TPSA) is 21.3 Å². The van der Waals surface area contributed by atoms with Gasteiger partial charge in [0.1, 0.15) is 0 Å². The van der Waals surface area contributed by atoms with Crippen LogP contribution in [0.5, 0.6) is 0 Å². The summed E-state index contributed by atoms with van der Waals surface area (Å²) in [6.45, 7) is 0.307. The quantitative estimate of drug-likeness (QED) is 0.898. The number of anilines is 1. The number of nitrogens with one attached hydrogen (secondary N) is 1. The average Bonchev–Trinajstić information content (AvgIpc) is 2.51. The summed E-state index contributed by atoms with van der Waals surface area (Å²) in [5.41, 5.74) is 2.25. The molecule has 1 aromatic rings. The van der Waals surface area contributed by atoms with Crippen molar-refractivity contribution in [3.05, 3.63) is 29.8 Å². The van der Waals surface area contributed by atoms with E-state index in [-0.39, 0.29) is 12.7 Å². The van der Waals surface area contributed by atoms with Gasteiger partial charge in [-0.2, -0.15) is 13.2 Å². The molecule has 0 bridgehead atoms. The maximum Gasteiger partial charge on any atom is 0.391 e. The number of rotatable bonds is 3. The Hall–Kier alpha value is -1.23. The van der Waals surface area contributed by atoms with E-state index >= 15 is 0 Å². The lowest BCUT2D eigenvalue weighted by molar-refractivity contribution is -0.148. The molecule has 2 nitrogen and oxygen atoms in total. The smallest absolute Gasteiger partial charge is 0.382 e. The van der Waals surface area contributed by atoms with Gasteiger partial charge in [0.15, 0.2) is 0 Å². The van der Waals surface area contributed by atoms with Crippen molar-refractivity contribution in [3.63, 3.8) is 0 Å². The van der Waals surface area contributed by atoms with Crippen LogP contribution in [0.4, 0.5) is 18.9 Å². The lowest BCUT2D eigenvalue weighted by Gasteiger charge is -2.16. The fraction of sp³-hybridized carbons (Fsp3) is 0.538. The Bertz CT molecular complexity index is 365. The SMILES string of the molecule is FC(F)(F)CCOC1CCc2ccccc2NC1. The highest BCUT2D eigenvalue weighted by atomic mass is 19.4. The first-order valence-electron chi connectivity index (χ1n) is 6.05. The van der Waals surface area contributed by atoms with Crippen molar-refractivity contribution in [2.75, 3.05) is 18.5 Å². The van der Waals surface area contributed by atoms with Crippen LogP contribution in [-0.2, 0) is 11.2 Å². The number of alkyl halides is 3. The molecular weight excluding hydrogens is 243 g/mol. The monoisotopic (exact) mass is 259 g/mol. The van der Waals surface area contributed by atoms with Gasteiger partial charge in [0, 0.05) is 12.2 Å². The Morgan fingerprint density at radius 2 is 2.06 bits per heavy atom. The molecular formula is C13H16F3NO. The van der Waals surface area contributed by atoms with Crippen LogP contribution in [0.3, 0.4) is 0 Å². The lowest BCUT2D eigenvalue weighted by Crippen LogP contribution is -2.24. The number of hydrogen-bond donors (Lipinski definition) is 1. The first kappa shape index (κ1) is 13.2. The molecule has 1 N–H and O–H groups in total. The number of aryl methyl sites for hydroxylation is 1. The number of benzene rings is 1. The van der Waals surface area contributed by atoms with Crippen molar-refractivity contribution in [3.8, 4) is 0 Å². The van der Waals surface area contributed by atoms with Crippen molar-refractivity contribution in [1.82, 2.24) is 0 Å². The van der Waals surface area contributed by atoms with Crippen LogP contribution < -0.4 is 5.32 Å². The van der Waals surface area contributed by atoms with E-state index < -0.39 is 12.6 Å². The minimum absolute atomic E-state index is 0.153. The van der Waals surface area contributed by atoms with Gasteiger partial charge < -0.3 is 10.1 Å². The fourth-order valence-corrected chi connectivity index (χ4v) is 2.04. The third-order valence-electron chi connectivity index (χ3n) is 3.01. The highest BCUT2D eigenvalue weighted by Gasteiger charge is 2.27. The Labute approximate surface area is 104 Å². The van der Waals surface area contributed by atoms with Gasteiger partial charge in [0.25, 0.3) is 0 Å². The maximum absolute atomic E-state index is 12.0. The highest BCUT2D eigenvalue weighted by Crippen LogP contribution is 2.23. The Balaban J connectivity index is 1.81. The van der Waals surface area contributed by atoms with Gasteiger partial charge in [-0.15, -0.1) is 0 Å². The van der Waals surface area contributed by atoms with Gasteiger partial charge in [0.05, 0.1) is 19.1 Å². The fourth-order valence-electron chi connectivity index (χ4n) is 2.04. The molecule has 0 saturated carbocycles. The number of ether oxygens (including phenoxy) is 1. The van der Waals surface area contributed by atoms with Gasteiger partial charge in [-0.3, -0.25) is 0 Å². The molecule has 100 valence electrons. The van der Waals surface area contributed by atoms with E-state index in [1.54, 1.807) is 0 Å². The summed E-state index contributed by atoms with van der Waals surface area (Å²) in [7, 11) is 0. The number of hydrogen-bond acceptors (Lipinski definition) is 2. The van der Waals surface area contributed by atoms with Crippen molar-refractivity contribution < 1.29 is 17.9 Å². The molecule has 18 heavy (non-hydrogen) atoms. The minimum Gasteiger partial charge on any atom is -0.382 e. The van der Waals surface area contributed by atoms with Gasteiger partial charge in [-0.1, -0.05) is 18.2 Å². The number of halogens is 3. The summed E-state index contributed by atoms with van der Waals surface area (Å²) < 4.78 is 41.3. The van der Waals surface area contributed by atoms with Crippen molar-refractivity contribution >= 4 is 5.69 Å². The molecule has 1 aliphatic rings. The van der Waals surface area contributed by atoms with E-state index in [2.05, 4.69) is 5.32 Å². The van der Waals surface area contributed by atoms with Crippen LogP contribution in [0.1, 0.15) is 18.4 Å². The molecule has 0 radical (unpaired) electrons. The van der Waals surface area contributed by atoms with Crippen LogP contribution >= 0.6 is 0 Å². The van der Waals surface area contributed by atoms with Crippen LogP contribution in [0, 0.1) is 0 Å². The summed E-state index contributed by atoms with van der Waals surface area (Å²) >= 11 is 0. The molecule has 5 heteroatoms. The van der Waals surface area contributed by atoms with E-state index in [0.717, 1.165) is 18.5 Å². The van der Waals surface area contributed by atoms with Crippen LogP contribution in [0.15, 0.2) is 24.3 Å². The summed E-state index contributed by atoms with van der Waals surface area (Å²) in [6, 6.07) is 7.91. The van der Waals surface area contributed by atoms with E-state index in [1.807, 2.05) is 24.3 Å². The predicted molar refractivity (Wildman–Crippen MR) is 63.7 cm³/mol. The maximum atomic E-state index is 12.0. The second-order valence-electron chi connectivity index (χ2n) is 4.43. The molecule has 0 saturated heterocycles. The predicted octanol–water partition coefficient (Wildman–Crippen LogP) is 3.38. The highest BCUT2D eigenvalue weighted by molar-refractivity contribution is 5.51. The first-order chi connectivity index (χ1) is 8.54. The Morgan fingerprint density at radius 3 is 2.83 bits per heavy atom. The Morgan fingerprint density at radius 1 is 1.28 bits per heavy atom. The third kappa shape index (κ3) is 3.91. The first-order valence-corrected chi connectivity index (χ1v) is 6.05. The minimum atomic E-state index is -4.14. The molecule has 1 aliphatic heterocycles. The largest absolute Gasteiger partial charge is 0.391 e. The van der Waals surface area contributed by atoms with Gasteiger partial charge in [-0.25, -0.2) is 0 Å². The van der Waals surface area contributed by atoms with E-state index in [4.69, 9.17) is 4.74 Å². The molecule has 1 aromatic carbocycles. The molecule has 0 fully saturated rings. The molecule has 0 aliphatic carbocycles. The summed E-state index contributed by atoms with van der Waals surface area (Å²) in [5.74, 6) is 0. The van der Waals surface area contributed by atoms with Crippen LogP contribution in [0.25, 0.3) is 0 Å². The van der Waals surface area contributed by atoms with E-state index in [0.29, 0.717) is 6.54 Å². The lowest BCUT2D eigenvalue weighted by atomic mass is 10.1. The zero-order valence-electron chi connectivity index (χ0n) is 9.96. The zero-order valence-corrected chi connectivity index (χ0v) is 9.96. The molecule has 1 atom stereocenters. The van der Waals surface area contributed by atoms with Gasteiger partial charge in [0.2, 0.25) is 0 Å².